The Balaban J connectivity index is 1.69. The Bertz CT molecular complexity index is 1020. The van der Waals surface area contributed by atoms with Crippen molar-refractivity contribution in [2.24, 2.45) is 0 Å². The van der Waals surface area contributed by atoms with Crippen molar-refractivity contribution in [1.29, 1.82) is 0 Å². The molecule has 0 atom stereocenters. The molecule has 1 N–H and O–H groups in total. The molecule has 1 heterocycles. The molecule has 1 aromatic heterocycles. The molecule has 0 aliphatic rings. The molecule has 0 radical (unpaired) electrons. The summed E-state index contributed by atoms with van der Waals surface area (Å²) in [4.78, 5) is 12.5. The molecule has 0 saturated heterocycles. The molecule has 0 aliphatic heterocycles. The first-order valence-corrected chi connectivity index (χ1v) is 10.4. The zero-order chi connectivity index (χ0) is 20.0. The van der Waals surface area contributed by atoms with Gasteiger partial charge in [0.25, 0.3) is 10.0 Å². The summed E-state index contributed by atoms with van der Waals surface area (Å²) in [6.45, 7) is 2.13. The predicted molar refractivity (Wildman–Crippen MR) is 105 cm³/mol. The van der Waals surface area contributed by atoms with Crippen molar-refractivity contribution in [3.8, 4) is 5.75 Å². The van der Waals surface area contributed by atoms with Crippen molar-refractivity contribution < 1.29 is 22.4 Å². The van der Waals surface area contributed by atoms with Crippen LogP contribution >= 0.6 is 0 Å². The summed E-state index contributed by atoms with van der Waals surface area (Å²) < 4.78 is 37.8. The Morgan fingerprint density at radius 3 is 2.43 bits per heavy atom. The van der Waals surface area contributed by atoms with Gasteiger partial charge in [0.2, 0.25) is 0 Å². The third-order valence-corrected chi connectivity index (χ3v) is 5.44. The average Bonchev–Trinajstić information content (AvgIpc) is 3.16. The lowest BCUT2D eigenvalue weighted by atomic mass is 10.1. The maximum Gasteiger partial charge on any atom is 0.301 e. The lowest BCUT2D eigenvalue weighted by Gasteiger charge is -2.08. The number of sulfonamides is 1. The third kappa shape index (κ3) is 4.80. The van der Waals surface area contributed by atoms with Crippen LogP contribution in [0.2, 0.25) is 0 Å². The second kappa shape index (κ2) is 8.75. The van der Waals surface area contributed by atoms with E-state index in [4.69, 9.17) is 9.15 Å². The number of aryl methyl sites for hydroxylation is 1. The first-order chi connectivity index (χ1) is 13.5. The van der Waals surface area contributed by atoms with E-state index in [1.807, 2.05) is 29.8 Å². The first kappa shape index (κ1) is 19.7. The summed E-state index contributed by atoms with van der Waals surface area (Å²) in [7, 11) is -4.00. The minimum absolute atomic E-state index is 0.0225. The molecule has 6 nitrogen and oxygen atoms in total. The molecule has 28 heavy (non-hydrogen) atoms. The molecule has 0 aliphatic carbocycles. The summed E-state index contributed by atoms with van der Waals surface area (Å²) in [5, 5.41) is 0. The number of hydrogen-bond donors (Lipinski definition) is 1. The van der Waals surface area contributed by atoms with Gasteiger partial charge in [0, 0.05) is 5.56 Å². The number of rotatable bonds is 8. The summed E-state index contributed by atoms with van der Waals surface area (Å²) in [6.07, 6.45) is 3.16. The highest BCUT2D eigenvalue weighted by molar-refractivity contribution is 7.90. The van der Waals surface area contributed by atoms with E-state index in [1.165, 1.54) is 18.4 Å². The number of hydrogen-bond acceptors (Lipinski definition) is 5. The maximum atomic E-state index is 12.5. The third-order valence-electron chi connectivity index (χ3n) is 4.09. The maximum absolute atomic E-state index is 12.5. The predicted octanol–water partition coefficient (Wildman–Crippen LogP) is 3.93. The van der Waals surface area contributed by atoms with Crippen LogP contribution in [0, 0.1) is 0 Å². The van der Waals surface area contributed by atoms with Gasteiger partial charge in [-0.2, -0.15) is 0 Å². The molecule has 146 valence electrons. The van der Waals surface area contributed by atoms with Crippen LogP contribution in [-0.2, 0) is 23.1 Å². The lowest BCUT2D eigenvalue weighted by molar-refractivity contribution is 0.0951. The number of furan rings is 1. The van der Waals surface area contributed by atoms with E-state index in [-0.39, 0.29) is 17.3 Å². The van der Waals surface area contributed by atoms with E-state index in [0.29, 0.717) is 11.3 Å². The Morgan fingerprint density at radius 2 is 1.75 bits per heavy atom. The Labute approximate surface area is 164 Å². The number of carbonyl (C=O) groups is 1. The Kier molecular flexibility index (Phi) is 6.16. The quantitative estimate of drug-likeness (QED) is 0.620. The van der Waals surface area contributed by atoms with Crippen LogP contribution in [0.4, 0.5) is 0 Å². The molecule has 2 aromatic carbocycles. The number of benzene rings is 2. The molecule has 0 fully saturated rings. The highest BCUT2D eigenvalue weighted by atomic mass is 32.2. The zero-order valence-corrected chi connectivity index (χ0v) is 16.2. The SMILES string of the molecule is CCCc1ccc(S(=O)(=O)NC(=O)c2occc2COc2ccccc2)cc1. The van der Waals surface area contributed by atoms with E-state index >= 15 is 0 Å². The van der Waals surface area contributed by atoms with E-state index in [9.17, 15) is 13.2 Å². The molecule has 3 rings (SSSR count). The highest BCUT2D eigenvalue weighted by Gasteiger charge is 2.23. The zero-order valence-electron chi connectivity index (χ0n) is 15.4. The summed E-state index contributed by atoms with van der Waals surface area (Å²) >= 11 is 0. The monoisotopic (exact) mass is 399 g/mol. The van der Waals surface area contributed by atoms with Gasteiger partial charge in [-0.25, -0.2) is 13.1 Å². The van der Waals surface area contributed by atoms with Crippen LogP contribution in [-0.4, -0.2) is 14.3 Å². The van der Waals surface area contributed by atoms with Crippen LogP contribution in [0.1, 0.15) is 35.0 Å². The number of carbonyl (C=O) groups excluding carboxylic acids is 1. The fourth-order valence-electron chi connectivity index (χ4n) is 2.68. The number of para-hydroxylation sites is 1. The van der Waals surface area contributed by atoms with Crippen molar-refractivity contribution in [2.45, 2.75) is 31.3 Å². The van der Waals surface area contributed by atoms with Gasteiger partial charge in [-0.1, -0.05) is 43.7 Å². The Morgan fingerprint density at radius 1 is 1.04 bits per heavy atom. The van der Waals surface area contributed by atoms with E-state index < -0.39 is 15.9 Å². The van der Waals surface area contributed by atoms with Gasteiger partial charge in [0.15, 0.2) is 5.76 Å². The summed E-state index contributed by atoms with van der Waals surface area (Å²) in [6, 6.07) is 17.1. The lowest BCUT2D eigenvalue weighted by Crippen LogP contribution is -2.31. The molecule has 7 heteroatoms. The van der Waals surface area contributed by atoms with Crippen molar-refractivity contribution in [1.82, 2.24) is 4.72 Å². The number of ether oxygens (including phenoxy) is 1. The molecule has 0 bridgehead atoms. The van der Waals surface area contributed by atoms with Gasteiger partial charge in [-0.05, 0) is 42.3 Å². The van der Waals surface area contributed by atoms with E-state index in [0.717, 1.165) is 18.4 Å². The molecular formula is C21H21NO5S. The summed E-state index contributed by atoms with van der Waals surface area (Å²) in [5.74, 6) is -0.300. The normalized spacial score (nSPS) is 11.2. The van der Waals surface area contributed by atoms with Gasteiger partial charge in [0.1, 0.15) is 12.4 Å². The van der Waals surface area contributed by atoms with Crippen LogP contribution in [0.5, 0.6) is 5.75 Å². The van der Waals surface area contributed by atoms with Crippen molar-refractivity contribution in [2.75, 3.05) is 0 Å². The van der Waals surface area contributed by atoms with E-state index in [2.05, 4.69) is 0 Å². The van der Waals surface area contributed by atoms with Crippen LogP contribution < -0.4 is 9.46 Å². The number of amides is 1. The highest BCUT2D eigenvalue weighted by Crippen LogP contribution is 2.17. The van der Waals surface area contributed by atoms with Gasteiger partial charge in [-0.3, -0.25) is 4.79 Å². The molecule has 0 unspecified atom stereocenters. The molecule has 3 aromatic rings. The summed E-state index contributed by atoms with van der Waals surface area (Å²) in [5.41, 5.74) is 1.49. The molecular weight excluding hydrogens is 378 g/mol. The second-order valence-corrected chi connectivity index (χ2v) is 7.89. The van der Waals surface area contributed by atoms with Gasteiger partial charge in [-0.15, -0.1) is 0 Å². The van der Waals surface area contributed by atoms with Gasteiger partial charge in [0.05, 0.1) is 11.2 Å². The number of nitrogens with one attached hydrogen (secondary N) is 1. The van der Waals surface area contributed by atoms with Crippen LogP contribution in [0.25, 0.3) is 0 Å². The van der Waals surface area contributed by atoms with Crippen molar-refractivity contribution in [3.63, 3.8) is 0 Å². The minimum atomic E-state index is -4.00. The largest absolute Gasteiger partial charge is 0.489 e. The van der Waals surface area contributed by atoms with Crippen LogP contribution in [0.15, 0.2) is 76.2 Å². The minimum Gasteiger partial charge on any atom is -0.489 e. The fraction of sp³-hybridized carbons (Fsp3) is 0.190. The standard InChI is InChI=1S/C21H21NO5S/c1-2-6-16-9-11-19(12-10-16)28(24,25)22-21(23)20-17(13-14-26-20)15-27-18-7-4-3-5-8-18/h3-5,7-14H,2,6,15H2,1H3,(H,22,23). The van der Waals surface area contributed by atoms with Crippen LogP contribution in [0.3, 0.4) is 0 Å². The first-order valence-electron chi connectivity index (χ1n) is 8.90. The van der Waals surface area contributed by atoms with Gasteiger partial charge < -0.3 is 9.15 Å². The molecule has 0 saturated carbocycles. The second-order valence-electron chi connectivity index (χ2n) is 6.21. The van der Waals surface area contributed by atoms with E-state index in [1.54, 1.807) is 30.3 Å². The van der Waals surface area contributed by atoms with Crippen molar-refractivity contribution in [3.05, 3.63) is 83.8 Å². The van der Waals surface area contributed by atoms with Crippen molar-refractivity contribution >= 4 is 15.9 Å². The Hall–Kier alpha value is -3.06. The fourth-order valence-corrected chi connectivity index (χ4v) is 3.63. The topological polar surface area (TPSA) is 85.6 Å². The van der Waals surface area contributed by atoms with Gasteiger partial charge >= 0.3 is 5.91 Å². The molecule has 0 spiro atoms. The smallest absolute Gasteiger partial charge is 0.301 e. The average molecular weight is 399 g/mol. The molecule has 1 amide bonds.